The third-order valence-electron chi connectivity index (χ3n) is 2.47. The number of hydrogen-bond donors (Lipinski definition) is 2. The lowest BCUT2D eigenvalue weighted by Gasteiger charge is -2.14. The third kappa shape index (κ3) is 3.85. The van der Waals surface area contributed by atoms with Gasteiger partial charge in [0.05, 0.1) is 16.3 Å². The number of hydrogen-bond acceptors (Lipinski definition) is 2. The Labute approximate surface area is 122 Å². The van der Waals surface area contributed by atoms with Gasteiger partial charge in [0.25, 0.3) is 0 Å². The van der Waals surface area contributed by atoms with Gasteiger partial charge in [0.2, 0.25) is 0 Å². The summed E-state index contributed by atoms with van der Waals surface area (Å²) in [6.07, 6.45) is -3.17. The van der Waals surface area contributed by atoms with Crippen molar-refractivity contribution in [1.29, 1.82) is 0 Å². The van der Waals surface area contributed by atoms with Gasteiger partial charge in [-0.15, -0.1) is 0 Å². The normalized spacial score (nSPS) is 11.0. The van der Waals surface area contributed by atoms with E-state index in [1.54, 1.807) is 6.07 Å². The maximum absolute atomic E-state index is 12.8. The zero-order valence-electron chi connectivity index (χ0n) is 10.4. The Morgan fingerprint density at radius 3 is 2.48 bits per heavy atom. The van der Waals surface area contributed by atoms with Gasteiger partial charge in [-0.05, 0) is 24.3 Å². The quantitative estimate of drug-likeness (QED) is 0.863. The summed E-state index contributed by atoms with van der Waals surface area (Å²) in [5, 5.41) is 4.58. The summed E-state index contributed by atoms with van der Waals surface area (Å²) in [6, 6.07) is 6.84. The van der Waals surface area contributed by atoms with Crippen molar-refractivity contribution in [1.82, 2.24) is 4.98 Å². The molecule has 0 aliphatic heterocycles. The minimum Gasteiger partial charge on any atom is -0.307 e. The van der Waals surface area contributed by atoms with Gasteiger partial charge in [0, 0.05) is 6.20 Å². The number of alkyl halides is 3. The minimum absolute atomic E-state index is 0.0566. The van der Waals surface area contributed by atoms with E-state index in [2.05, 4.69) is 15.6 Å². The second kappa shape index (κ2) is 6.01. The highest BCUT2D eigenvalue weighted by molar-refractivity contribution is 6.33. The van der Waals surface area contributed by atoms with Crippen molar-refractivity contribution in [2.24, 2.45) is 0 Å². The standard InChI is InChI=1S/C13H9ClF3N3O/c14-9-5-3-7-18-11(9)20-12(21)19-10-6-2-1-4-8(10)13(15,16)17/h1-7H,(H2,18,19,20,21). The average molecular weight is 316 g/mol. The van der Waals surface area contributed by atoms with Crippen LogP contribution in [-0.4, -0.2) is 11.0 Å². The summed E-state index contributed by atoms with van der Waals surface area (Å²) in [6.45, 7) is 0. The van der Waals surface area contributed by atoms with Crippen LogP contribution in [0.3, 0.4) is 0 Å². The molecule has 0 saturated heterocycles. The zero-order valence-corrected chi connectivity index (χ0v) is 11.2. The fourth-order valence-corrected chi connectivity index (χ4v) is 1.75. The maximum Gasteiger partial charge on any atom is 0.418 e. The van der Waals surface area contributed by atoms with Crippen molar-refractivity contribution in [3.63, 3.8) is 0 Å². The highest BCUT2D eigenvalue weighted by atomic mass is 35.5. The lowest BCUT2D eigenvalue weighted by Crippen LogP contribution is -2.22. The highest BCUT2D eigenvalue weighted by Crippen LogP contribution is 2.34. The number of halogens is 4. The van der Waals surface area contributed by atoms with Crippen molar-refractivity contribution < 1.29 is 18.0 Å². The lowest BCUT2D eigenvalue weighted by atomic mass is 10.1. The molecule has 0 aliphatic rings. The second-order valence-corrected chi connectivity index (χ2v) is 4.36. The van der Waals surface area contributed by atoms with Crippen LogP contribution in [0.1, 0.15) is 5.56 Å². The summed E-state index contributed by atoms with van der Waals surface area (Å²) in [7, 11) is 0. The first-order valence-corrected chi connectivity index (χ1v) is 6.10. The number of pyridine rings is 1. The first-order valence-electron chi connectivity index (χ1n) is 5.72. The zero-order chi connectivity index (χ0) is 15.5. The van der Waals surface area contributed by atoms with Gasteiger partial charge in [-0.2, -0.15) is 13.2 Å². The fourth-order valence-electron chi connectivity index (χ4n) is 1.58. The predicted octanol–water partition coefficient (Wildman–Crippen LogP) is 4.40. The first-order chi connectivity index (χ1) is 9.88. The molecule has 1 heterocycles. The summed E-state index contributed by atoms with van der Waals surface area (Å²) in [5.74, 6) is 0.0566. The number of anilines is 2. The molecule has 0 bridgehead atoms. The molecule has 2 amide bonds. The molecular formula is C13H9ClF3N3O. The van der Waals surface area contributed by atoms with E-state index in [0.717, 1.165) is 12.1 Å². The average Bonchev–Trinajstić information content (AvgIpc) is 2.41. The number of para-hydroxylation sites is 1. The van der Waals surface area contributed by atoms with Gasteiger partial charge < -0.3 is 5.32 Å². The van der Waals surface area contributed by atoms with Gasteiger partial charge in [-0.3, -0.25) is 5.32 Å². The van der Waals surface area contributed by atoms with E-state index in [-0.39, 0.29) is 16.5 Å². The van der Waals surface area contributed by atoms with Crippen molar-refractivity contribution >= 4 is 29.1 Å². The van der Waals surface area contributed by atoms with E-state index in [0.29, 0.717) is 0 Å². The molecule has 0 atom stereocenters. The molecule has 2 aromatic rings. The molecule has 8 heteroatoms. The Balaban J connectivity index is 2.16. The Kier molecular flexibility index (Phi) is 4.32. The number of nitrogens with one attached hydrogen (secondary N) is 2. The summed E-state index contributed by atoms with van der Waals surface area (Å²) >= 11 is 5.79. The van der Waals surface area contributed by atoms with Gasteiger partial charge in [-0.1, -0.05) is 23.7 Å². The topological polar surface area (TPSA) is 54.0 Å². The van der Waals surface area contributed by atoms with Crippen molar-refractivity contribution in [2.75, 3.05) is 10.6 Å². The molecule has 110 valence electrons. The van der Waals surface area contributed by atoms with Crippen LogP contribution in [0.4, 0.5) is 29.5 Å². The summed E-state index contributed by atoms with van der Waals surface area (Å²) in [5.41, 5.74) is -1.29. The Morgan fingerprint density at radius 1 is 1.10 bits per heavy atom. The Bertz CT molecular complexity index is 661. The maximum atomic E-state index is 12.8. The van der Waals surface area contributed by atoms with Crippen LogP contribution in [0.5, 0.6) is 0 Å². The largest absolute Gasteiger partial charge is 0.418 e. The van der Waals surface area contributed by atoms with Crippen LogP contribution in [0.25, 0.3) is 0 Å². The monoisotopic (exact) mass is 315 g/mol. The van der Waals surface area contributed by atoms with E-state index < -0.39 is 17.8 Å². The van der Waals surface area contributed by atoms with E-state index in [1.807, 2.05) is 0 Å². The fraction of sp³-hybridized carbons (Fsp3) is 0.0769. The molecule has 0 spiro atoms. The Morgan fingerprint density at radius 2 is 1.81 bits per heavy atom. The van der Waals surface area contributed by atoms with Crippen LogP contribution in [0.15, 0.2) is 42.6 Å². The molecule has 1 aromatic carbocycles. The number of carbonyl (C=O) groups is 1. The van der Waals surface area contributed by atoms with Crippen molar-refractivity contribution in [3.8, 4) is 0 Å². The van der Waals surface area contributed by atoms with Gasteiger partial charge >= 0.3 is 12.2 Å². The molecule has 4 nitrogen and oxygen atoms in total. The molecule has 1 aromatic heterocycles. The molecule has 0 fully saturated rings. The lowest BCUT2D eigenvalue weighted by molar-refractivity contribution is -0.136. The van der Waals surface area contributed by atoms with Crippen LogP contribution in [0, 0.1) is 0 Å². The van der Waals surface area contributed by atoms with E-state index in [4.69, 9.17) is 11.6 Å². The van der Waals surface area contributed by atoms with Gasteiger partial charge in [0.15, 0.2) is 5.82 Å². The highest BCUT2D eigenvalue weighted by Gasteiger charge is 2.33. The molecule has 21 heavy (non-hydrogen) atoms. The third-order valence-corrected chi connectivity index (χ3v) is 2.78. The van der Waals surface area contributed by atoms with Gasteiger partial charge in [-0.25, -0.2) is 9.78 Å². The van der Waals surface area contributed by atoms with Crippen molar-refractivity contribution in [3.05, 3.63) is 53.2 Å². The van der Waals surface area contributed by atoms with Crippen LogP contribution < -0.4 is 10.6 Å². The summed E-state index contributed by atoms with van der Waals surface area (Å²) < 4.78 is 38.4. The number of urea groups is 1. The Hall–Kier alpha value is -2.28. The number of carbonyl (C=O) groups excluding carboxylic acids is 1. The van der Waals surface area contributed by atoms with E-state index in [9.17, 15) is 18.0 Å². The number of amides is 2. The van der Waals surface area contributed by atoms with Crippen LogP contribution in [0.2, 0.25) is 5.02 Å². The molecule has 2 N–H and O–H groups in total. The number of aromatic nitrogens is 1. The molecule has 0 unspecified atom stereocenters. The number of benzene rings is 1. The first kappa shape index (κ1) is 15.1. The number of nitrogens with zero attached hydrogens (tertiary/aromatic N) is 1. The van der Waals surface area contributed by atoms with Crippen LogP contribution >= 0.6 is 11.6 Å². The molecule has 0 saturated carbocycles. The minimum atomic E-state index is -4.56. The second-order valence-electron chi connectivity index (χ2n) is 3.96. The SMILES string of the molecule is O=C(Nc1ccccc1C(F)(F)F)Nc1ncccc1Cl. The predicted molar refractivity (Wildman–Crippen MR) is 73.3 cm³/mol. The molecule has 2 rings (SSSR count). The van der Waals surface area contributed by atoms with Crippen LogP contribution in [-0.2, 0) is 6.18 Å². The van der Waals surface area contributed by atoms with E-state index >= 15 is 0 Å². The van der Waals surface area contributed by atoms with Crippen molar-refractivity contribution in [2.45, 2.75) is 6.18 Å². The van der Waals surface area contributed by atoms with E-state index in [1.165, 1.54) is 24.4 Å². The molecule has 0 aliphatic carbocycles. The molecular weight excluding hydrogens is 307 g/mol. The molecule has 0 radical (unpaired) electrons. The summed E-state index contributed by atoms with van der Waals surface area (Å²) in [4.78, 5) is 15.5. The number of rotatable bonds is 2. The smallest absolute Gasteiger partial charge is 0.307 e. The van der Waals surface area contributed by atoms with Gasteiger partial charge in [0.1, 0.15) is 0 Å².